The van der Waals surface area contributed by atoms with Crippen LogP contribution in [0.5, 0.6) is 0 Å². The number of amides is 2. The zero-order chi connectivity index (χ0) is 22.9. The highest BCUT2D eigenvalue weighted by Crippen LogP contribution is 2.36. The number of aryl methyl sites for hydroxylation is 1. The topological polar surface area (TPSA) is 52.7 Å². The van der Waals surface area contributed by atoms with Gasteiger partial charge in [-0.05, 0) is 37.5 Å². The van der Waals surface area contributed by atoms with Gasteiger partial charge in [0.15, 0.2) is 0 Å². The summed E-state index contributed by atoms with van der Waals surface area (Å²) in [6.07, 6.45) is 1.99. The lowest BCUT2D eigenvalue weighted by Gasteiger charge is -2.44. The quantitative estimate of drug-likeness (QED) is 0.766. The summed E-state index contributed by atoms with van der Waals surface area (Å²) < 4.78 is 14.4. The summed E-state index contributed by atoms with van der Waals surface area (Å²) in [4.78, 5) is 30.1. The van der Waals surface area contributed by atoms with E-state index in [0.717, 1.165) is 12.0 Å². The molecule has 2 heterocycles. The number of nitrogens with one attached hydrogen (secondary N) is 1. The molecular weight excluding hydrogens is 405 g/mol. The molecule has 6 heteroatoms. The highest BCUT2D eigenvalue weighted by Gasteiger charge is 2.51. The Balaban J connectivity index is 1.54. The first kappa shape index (κ1) is 22.5. The molecule has 0 bridgehead atoms. The van der Waals surface area contributed by atoms with Gasteiger partial charge in [0, 0.05) is 37.1 Å². The number of carbonyl (C=O) groups is 2. The molecule has 1 atom stereocenters. The zero-order valence-corrected chi connectivity index (χ0v) is 19.1. The lowest BCUT2D eigenvalue weighted by atomic mass is 9.94. The van der Waals surface area contributed by atoms with Gasteiger partial charge in [0.1, 0.15) is 5.82 Å². The molecule has 0 saturated carbocycles. The van der Waals surface area contributed by atoms with Gasteiger partial charge >= 0.3 is 0 Å². The molecule has 5 nitrogen and oxygen atoms in total. The Kier molecular flexibility index (Phi) is 6.33. The second-order valence-corrected chi connectivity index (χ2v) is 9.54. The van der Waals surface area contributed by atoms with E-state index in [0.29, 0.717) is 43.0 Å². The van der Waals surface area contributed by atoms with Crippen LogP contribution in [0.2, 0.25) is 0 Å². The Morgan fingerprint density at radius 3 is 2.53 bits per heavy atom. The highest BCUT2D eigenvalue weighted by atomic mass is 19.1. The zero-order valence-electron chi connectivity index (χ0n) is 19.1. The van der Waals surface area contributed by atoms with Crippen molar-refractivity contribution < 1.29 is 14.0 Å². The lowest BCUT2D eigenvalue weighted by Crippen LogP contribution is -2.59. The van der Waals surface area contributed by atoms with Crippen molar-refractivity contribution in [1.29, 1.82) is 0 Å². The summed E-state index contributed by atoms with van der Waals surface area (Å²) in [6, 6.07) is 14.0. The molecule has 0 radical (unpaired) electrons. The van der Waals surface area contributed by atoms with Crippen LogP contribution >= 0.6 is 0 Å². The first-order valence-electron chi connectivity index (χ1n) is 11.5. The van der Waals surface area contributed by atoms with Gasteiger partial charge in [0.05, 0.1) is 18.2 Å². The molecule has 0 aliphatic carbocycles. The Bertz CT molecular complexity index is 998. The molecule has 0 aromatic heterocycles. The monoisotopic (exact) mass is 437 g/mol. The molecule has 2 aromatic carbocycles. The summed E-state index contributed by atoms with van der Waals surface area (Å²) in [6.45, 7) is 7.52. The van der Waals surface area contributed by atoms with Gasteiger partial charge in [-0.25, -0.2) is 4.39 Å². The highest BCUT2D eigenvalue weighted by molar-refractivity contribution is 5.94. The van der Waals surface area contributed by atoms with Crippen LogP contribution in [0.1, 0.15) is 54.6 Å². The number of nitrogens with zero attached hydrogens (tertiary/aromatic N) is 2. The van der Waals surface area contributed by atoms with E-state index in [2.05, 4.69) is 19.2 Å². The van der Waals surface area contributed by atoms with Crippen molar-refractivity contribution in [3.8, 4) is 0 Å². The van der Waals surface area contributed by atoms with Crippen LogP contribution in [0.3, 0.4) is 0 Å². The SMILES string of the molecule is Cc1cccc(C(=O)N2CCC3(CC2)NC(CC(C)C)C(=O)N3Cc2ccccc2F)c1. The molecule has 1 unspecified atom stereocenters. The first-order chi connectivity index (χ1) is 15.3. The van der Waals surface area contributed by atoms with E-state index < -0.39 is 5.66 Å². The Morgan fingerprint density at radius 1 is 1.16 bits per heavy atom. The molecule has 2 aliphatic rings. The number of hydrogen-bond donors (Lipinski definition) is 1. The van der Waals surface area contributed by atoms with Gasteiger partial charge in [-0.1, -0.05) is 49.7 Å². The van der Waals surface area contributed by atoms with Gasteiger partial charge in [-0.2, -0.15) is 0 Å². The van der Waals surface area contributed by atoms with E-state index in [1.807, 2.05) is 41.0 Å². The molecular formula is C26H32FN3O2. The van der Waals surface area contributed by atoms with Crippen molar-refractivity contribution in [3.05, 3.63) is 71.0 Å². The van der Waals surface area contributed by atoms with Crippen LogP contribution in [0.25, 0.3) is 0 Å². The van der Waals surface area contributed by atoms with Crippen LogP contribution in [-0.2, 0) is 11.3 Å². The van der Waals surface area contributed by atoms with Crippen molar-refractivity contribution in [3.63, 3.8) is 0 Å². The van der Waals surface area contributed by atoms with E-state index in [-0.39, 0.29) is 30.2 Å². The van der Waals surface area contributed by atoms with Crippen LogP contribution in [0.15, 0.2) is 48.5 Å². The number of piperidine rings is 1. The molecule has 2 saturated heterocycles. The number of hydrogen-bond acceptors (Lipinski definition) is 3. The fraction of sp³-hybridized carbons (Fsp3) is 0.462. The minimum atomic E-state index is -0.553. The summed E-state index contributed by atoms with van der Waals surface area (Å²) >= 11 is 0. The molecule has 2 aliphatic heterocycles. The minimum absolute atomic E-state index is 0.0206. The number of benzene rings is 2. The van der Waals surface area contributed by atoms with Crippen molar-refractivity contribution in [2.75, 3.05) is 13.1 Å². The number of likely N-dealkylation sites (tertiary alicyclic amines) is 1. The van der Waals surface area contributed by atoms with Crippen molar-refractivity contribution in [2.24, 2.45) is 5.92 Å². The Hall–Kier alpha value is -2.73. The van der Waals surface area contributed by atoms with Gasteiger partial charge in [-0.15, -0.1) is 0 Å². The second kappa shape index (κ2) is 9.02. The first-order valence-corrected chi connectivity index (χ1v) is 11.5. The predicted molar refractivity (Wildman–Crippen MR) is 122 cm³/mol. The largest absolute Gasteiger partial charge is 0.338 e. The fourth-order valence-electron chi connectivity index (χ4n) is 4.98. The predicted octanol–water partition coefficient (Wildman–Crippen LogP) is 4.11. The van der Waals surface area contributed by atoms with E-state index in [1.54, 1.807) is 18.2 Å². The molecule has 4 rings (SSSR count). The molecule has 170 valence electrons. The third kappa shape index (κ3) is 4.42. The minimum Gasteiger partial charge on any atom is -0.338 e. The fourth-order valence-corrected chi connectivity index (χ4v) is 4.98. The standard InChI is InChI=1S/C26H32FN3O2/c1-18(2)15-23-25(32)30(17-21-8-4-5-10-22(21)27)26(28-23)11-13-29(14-12-26)24(31)20-9-6-7-19(3)16-20/h4-10,16,18,23,28H,11-15,17H2,1-3H3. The number of rotatable bonds is 5. The van der Waals surface area contributed by atoms with Gasteiger partial charge in [-0.3, -0.25) is 14.9 Å². The van der Waals surface area contributed by atoms with Gasteiger partial charge < -0.3 is 9.80 Å². The maximum absolute atomic E-state index is 14.4. The molecule has 2 amide bonds. The number of halogens is 1. The van der Waals surface area contributed by atoms with Crippen LogP contribution in [-0.4, -0.2) is 46.4 Å². The Morgan fingerprint density at radius 2 is 1.88 bits per heavy atom. The summed E-state index contributed by atoms with van der Waals surface area (Å²) in [5, 5.41) is 3.60. The maximum Gasteiger partial charge on any atom is 0.253 e. The summed E-state index contributed by atoms with van der Waals surface area (Å²) in [5.41, 5.74) is 1.71. The normalized spacial score (nSPS) is 20.4. The molecule has 2 fully saturated rings. The van der Waals surface area contributed by atoms with Crippen LogP contribution in [0, 0.1) is 18.7 Å². The lowest BCUT2D eigenvalue weighted by molar-refractivity contribution is -0.134. The van der Waals surface area contributed by atoms with E-state index in [4.69, 9.17) is 0 Å². The van der Waals surface area contributed by atoms with Crippen LogP contribution in [0.4, 0.5) is 4.39 Å². The smallest absolute Gasteiger partial charge is 0.253 e. The van der Waals surface area contributed by atoms with E-state index in [1.165, 1.54) is 6.07 Å². The van der Waals surface area contributed by atoms with Crippen molar-refractivity contribution in [1.82, 2.24) is 15.1 Å². The van der Waals surface area contributed by atoms with Crippen molar-refractivity contribution >= 4 is 11.8 Å². The van der Waals surface area contributed by atoms with Crippen molar-refractivity contribution in [2.45, 2.75) is 58.3 Å². The summed E-state index contributed by atoms with van der Waals surface area (Å²) in [7, 11) is 0. The van der Waals surface area contributed by atoms with Gasteiger partial charge in [0.25, 0.3) is 5.91 Å². The average molecular weight is 438 g/mol. The number of carbonyl (C=O) groups excluding carboxylic acids is 2. The van der Waals surface area contributed by atoms with E-state index >= 15 is 0 Å². The average Bonchev–Trinajstić information content (AvgIpc) is 3.00. The van der Waals surface area contributed by atoms with Gasteiger partial charge in [0.2, 0.25) is 5.91 Å². The van der Waals surface area contributed by atoms with Crippen LogP contribution < -0.4 is 5.32 Å². The third-order valence-corrected chi connectivity index (χ3v) is 6.66. The second-order valence-electron chi connectivity index (χ2n) is 9.54. The molecule has 32 heavy (non-hydrogen) atoms. The molecule has 1 N–H and O–H groups in total. The Labute approximate surface area is 189 Å². The molecule has 1 spiro atoms. The summed E-state index contributed by atoms with van der Waals surface area (Å²) in [5.74, 6) is 0.118. The maximum atomic E-state index is 14.4. The third-order valence-electron chi connectivity index (χ3n) is 6.66. The van der Waals surface area contributed by atoms with E-state index in [9.17, 15) is 14.0 Å². The molecule has 2 aromatic rings.